The molecule has 0 aromatic rings. The number of amides is 1. The summed E-state index contributed by atoms with van der Waals surface area (Å²) in [5, 5.41) is 1.34. The van der Waals surface area contributed by atoms with Crippen LogP contribution >= 0.6 is 0 Å². The van der Waals surface area contributed by atoms with Crippen molar-refractivity contribution in [3.63, 3.8) is 0 Å². The number of hydrogen-bond acceptors (Lipinski definition) is 3. The Kier molecular flexibility index (Phi) is 0.865. The molecular weight excluding hydrogens is 106 g/mol. The summed E-state index contributed by atoms with van der Waals surface area (Å²) in [6, 6.07) is 0. The van der Waals surface area contributed by atoms with Crippen molar-refractivity contribution in [2.45, 2.75) is 0 Å². The van der Waals surface area contributed by atoms with Gasteiger partial charge < -0.3 is 5.73 Å². The van der Waals surface area contributed by atoms with Gasteiger partial charge >= 0.3 is 0 Å². The quantitative estimate of drug-likeness (QED) is 0.427. The number of nitrogens with zero attached hydrogens (tertiary/aromatic N) is 2. The SMILES string of the molecule is CN1[N]C(=O)C=C1N. The van der Waals surface area contributed by atoms with Crippen molar-refractivity contribution in [3.05, 3.63) is 11.9 Å². The van der Waals surface area contributed by atoms with E-state index in [0.717, 1.165) is 0 Å². The smallest absolute Gasteiger partial charge is 0.290 e. The highest BCUT2D eigenvalue weighted by atomic mass is 16.2. The Morgan fingerprint density at radius 2 is 2.50 bits per heavy atom. The van der Waals surface area contributed by atoms with E-state index in [0.29, 0.717) is 5.82 Å². The first-order valence-corrected chi connectivity index (χ1v) is 2.16. The van der Waals surface area contributed by atoms with Crippen molar-refractivity contribution in [1.82, 2.24) is 10.4 Å². The van der Waals surface area contributed by atoms with E-state index in [2.05, 4.69) is 5.43 Å². The van der Waals surface area contributed by atoms with E-state index in [1.54, 1.807) is 7.05 Å². The Labute approximate surface area is 46.9 Å². The largest absolute Gasteiger partial charge is 0.384 e. The fraction of sp³-hybridized carbons (Fsp3) is 0.250. The average molecular weight is 112 g/mol. The summed E-state index contributed by atoms with van der Waals surface area (Å²) < 4.78 is 0. The molecule has 0 atom stereocenters. The molecule has 4 heteroatoms. The molecule has 0 fully saturated rings. The van der Waals surface area contributed by atoms with Crippen molar-refractivity contribution in [1.29, 1.82) is 0 Å². The summed E-state index contributed by atoms with van der Waals surface area (Å²) in [5.74, 6) is 0.111. The molecular formula is C4H6N3O. The first kappa shape index (κ1) is 4.96. The topological polar surface area (TPSA) is 60.4 Å². The van der Waals surface area contributed by atoms with Gasteiger partial charge in [0.15, 0.2) is 0 Å². The number of carbonyl (C=O) groups excluding carboxylic acids is 1. The summed E-state index contributed by atoms with van der Waals surface area (Å²) in [7, 11) is 1.62. The number of nitrogens with two attached hydrogens (primary N) is 1. The molecule has 0 unspecified atom stereocenters. The van der Waals surface area contributed by atoms with Crippen LogP contribution in [-0.2, 0) is 4.79 Å². The van der Waals surface area contributed by atoms with Crippen LogP contribution < -0.4 is 11.2 Å². The molecule has 0 spiro atoms. The summed E-state index contributed by atoms with van der Waals surface area (Å²) in [5.41, 5.74) is 8.69. The molecule has 4 nitrogen and oxygen atoms in total. The van der Waals surface area contributed by atoms with Gasteiger partial charge in [-0.05, 0) is 0 Å². The first-order chi connectivity index (χ1) is 3.70. The molecule has 1 radical (unpaired) electrons. The molecule has 0 aromatic carbocycles. The third-order valence-corrected chi connectivity index (χ3v) is 0.894. The molecule has 1 aliphatic rings. The normalized spacial score (nSPS) is 18.4. The fourth-order valence-corrected chi connectivity index (χ4v) is 0.454. The van der Waals surface area contributed by atoms with E-state index in [9.17, 15) is 4.79 Å². The lowest BCUT2D eigenvalue weighted by atomic mass is 10.6. The minimum Gasteiger partial charge on any atom is -0.384 e. The number of hydrogen-bond donors (Lipinski definition) is 1. The van der Waals surface area contributed by atoms with Crippen LogP contribution in [0.5, 0.6) is 0 Å². The molecule has 0 bridgehead atoms. The highest BCUT2D eigenvalue weighted by Gasteiger charge is 2.14. The van der Waals surface area contributed by atoms with Gasteiger partial charge in [0, 0.05) is 13.1 Å². The van der Waals surface area contributed by atoms with Gasteiger partial charge in [-0.1, -0.05) is 0 Å². The maximum absolute atomic E-state index is 10.3. The van der Waals surface area contributed by atoms with Crippen LogP contribution in [0.1, 0.15) is 0 Å². The Morgan fingerprint density at radius 3 is 2.62 bits per heavy atom. The highest BCUT2D eigenvalue weighted by Crippen LogP contribution is 1.97. The lowest BCUT2D eigenvalue weighted by Crippen LogP contribution is -2.26. The Balaban J connectivity index is 2.73. The van der Waals surface area contributed by atoms with Gasteiger partial charge in [0.2, 0.25) is 0 Å². The molecule has 1 heterocycles. The third kappa shape index (κ3) is 0.598. The van der Waals surface area contributed by atoms with Crippen LogP contribution in [0.15, 0.2) is 11.9 Å². The number of carbonyl (C=O) groups is 1. The molecule has 0 aliphatic carbocycles. The van der Waals surface area contributed by atoms with Crippen molar-refractivity contribution in [3.8, 4) is 0 Å². The lowest BCUT2D eigenvalue weighted by Gasteiger charge is -2.06. The first-order valence-electron chi connectivity index (χ1n) is 2.16. The zero-order chi connectivity index (χ0) is 6.15. The van der Waals surface area contributed by atoms with Crippen LogP contribution in [0, 0.1) is 0 Å². The second-order valence-corrected chi connectivity index (χ2v) is 1.53. The van der Waals surface area contributed by atoms with Crippen LogP contribution in [0.25, 0.3) is 0 Å². The number of rotatable bonds is 0. The zero-order valence-corrected chi connectivity index (χ0v) is 4.46. The van der Waals surface area contributed by atoms with E-state index in [4.69, 9.17) is 5.73 Å². The predicted octanol–water partition coefficient (Wildman–Crippen LogP) is -1.22. The lowest BCUT2D eigenvalue weighted by molar-refractivity contribution is -0.118. The molecule has 0 saturated carbocycles. The monoisotopic (exact) mass is 112 g/mol. The van der Waals surface area contributed by atoms with E-state index < -0.39 is 0 Å². The standard InChI is InChI=1S/C4H6N3O/c1-7-3(5)2-4(8)6-7/h2H,5H2,1H3. The van der Waals surface area contributed by atoms with Gasteiger partial charge in [-0.2, -0.15) is 0 Å². The van der Waals surface area contributed by atoms with Crippen molar-refractivity contribution in [2.75, 3.05) is 7.05 Å². The van der Waals surface area contributed by atoms with Gasteiger partial charge in [-0.3, -0.25) is 4.79 Å². The Hall–Kier alpha value is -1.19. The van der Waals surface area contributed by atoms with Crippen LogP contribution in [0.3, 0.4) is 0 Å². The summed E-state index contributed by atoms with van der Waals surface area (Å²) in [6.07, 6.45) is 1.28. The summed E-state index contributed by atoms with van der Waals surface area (Å²) in [6.45, 7) is 0. The van der Waals surface area contributed by atoms with Crippen LogP contribution in [-0.4, -0.2) is 18.0 Å². The van der Waals surface area contributed by atoms with Gasteiger partial charge in [0.25, 0.3) is 5.91 Å². The van der Waals surface area contributed by atoms with Gasteiger partial charge in [0.1, 0.15) is 5.82 Å². The average Bonchev–Trinajstić information content (AvgIpc) is 1.85. The molecule has 1 aliphatic heterocycles. The van der Waals surface area contributed by atoms with E-state index in [-0.39, 0.29) is 5.91 Å². The molecule has 1 rings (SSSR count). The second-order valence-electron chi connectivity index (χ2n) is 1.53. The second kappa shape index (κ2) is 1.40. The summed E-state index contributed by atoms with van der Waals surface area (Å²) >= 11 is 0. The maximum atomic E-state index is 10.3. The summed E-state index contributed by atoms with van der Waals surface area (Å²) in [4.78, 5) is 10.3. The van der Waals surface area contributed by atoms with E-state index in [1.807, 2.05) is 0 Å². The highest BCUT2D eigenvalue weighted by molar-refractivity contribution is 5.89. The predicted molar refractivity (Wildman–Crippen MR) is 27.2 cm³/mol. The zero-order valence-electron chi connectivity index (χ0n) is 4.46. The molecule has 43 valence electrons. The molecule has 0 saturated heterocycles. The van der Waals surface area contributed by atoms with Crippen molar-refractivity contribution >= 4 is 5.91 Å². The van der Waals surface area contributed by atoms with Crippen LogP contribution in [0.4, 0.5) is 0 Å². The fourth-order valence-electron chi connectivity index (χ4n) is 0.454. The Morgan fingerprint density at radius 1 is 1.88 bits per heavy atom. The molecule has 8 heavy (non-hydrogen) atoms. The van der Waals surface area contributed by atoms with Gasteiger partial charge in [-0.15, -0.1) is 5.43 Å². The van der Waals surface area contributed by atoms with Crippen molar-refractivity contribution in [2.24, 2.45) is 5.73 Å². The molecule has 1 amide bonds. The maximum Gasteiger partial charge on any atom is 0.290 e. The van der Waals surface area contributed by atoms with Crippen LogP contribution in [0.2, 0.25) is 0 Å². The van der Waals surface area contributed by atoms with E-state index in [1.165, 1.54) is 11.1 Å². The Bertz CT molecular complexity index is 151. The van der Waals surface area contributed by atoms with Gasteiger partial charge in [0.05, 0.1) is 0 Å². The minimum absolute atomic E-state index is 0.287. The minimum atomic E-state index is -0.287. The third-order valence-electron chi connectivity index (χ3n) is 0.894. The molecule has 0 aromatic heterocycles. The van der Waals surface area contributed by atoms with E-state index >= 15 is 0 Å². The molecule has 2 N–H and O–H groups in total. The van der Waals surface area contributed by atoms with Crippen molar-refractivity contribution < 1.29 is 4.79 Å². The van der Waals surface area contributed by atoms with Gasteiger partial charge in [-0.25, -0.2) is 5.01 Å².